The summed E-state index contributed by atoms with van der Waals surface area (Å²) in [6.07, 6.45) is 40.5. The molecule has 0 spiro atoms. The van der Waals surface area contributed by atoms with E-state index in [0.717, 1.165) is 49.8 Å². The van der Waals surface area contributed by atoms with Crippen molar-refractivity contribution in [2.75, 3.05) is 49.8 Å². The van der Waals surface area contributed by atoms with Crippen LogP contribution in [-0.4, -0.2) is 85.5 Å². The van der Waals surface area contributed by atoms with Crippen molar-refractivity contribution in [1.82, 2.24) is 0 Å². The van der Waals surface area contributed by atoms with Crippen LogP contribution in [0.25, 0.3) is 0 Å². The molecule has 0 atom stereocenters. The Bertz CT molecular complexity index is 155. The Morgan fingerprint density at radius 2 is 0.146 bits per heavy atom. The monoisotopic (exact) mass is 603 g/mol. The molecule has 0 bridgehead atoms. The van der Waals surface area contributed by atoms with Gasteiger partial charge in [0.15, 0.2) is 0 Å². The minimum Gasteiger partial charge on any atom is -0.400 e. The number of hydrogen-bond donors (Lipinski definition) is 7. The highest BCUT2D eigenvalue weighted by Crippen LogP contribution is 2.17. The Morgan fingerprint density at radius 1 is 0.122 bits per heavy atom. The molecule has 41 heavy (non-hydrogen) atoms. The van der Waals surface area contributed by atoms with Crippen molar-refractivity contribution < 1.29 is 35.7 Å². The number of rotatable bonds is 0. The second-order valence-corrected chi connectivity index (χ2v) is 9.55. The summed E-state index contributed by atoms with van der Waals surface area (Å²) in [7, 11) is 7.00. The first-order valence-electron chi connectivity index (χ1n) is 16.6. The molecule has 1 rings (SSSR count). The van der Waals surface area contributed by atoms with Gasteiger partial charge in [-0.2, -0.15) is 0 Å². The van der Waals surface area contributed by atoms with Crippen molar-refractivity contribution in [3.63, 3.8) is 0 Å². The molecule has 0 heterocycles. The topological polar surface area (TPSA) is 142 Å². The SMILES string of the molecule is C1CCCCCCCCCCCCCCCCCCCCCCCCCC1.CO.CO.CO.CO.CO.CO.CO. The van der Waals surface area contributed by atoms with Crippen LogP contribution in [0.5, 0.6) is 0 Å². The summed E-state index contributed by atoms with van der Waals surface area (Å²) in [6.45, 7) is 0. The molecule has 1 fully saturated rings. The fourth-order valence-corrected chi connectivity index (χ4v) is 4.77. The van der Waals surface area contributed by atoms with E-state index in [0.29, 0.717) is 0 Å². The molecule has 1 saturated carbocycles. The molecular formula is C34H82O7. The Morgan fingerprint density at radius 3 is 0.171 bits per heavy atom. The lowest BCUT2D eigenvalue weighted by molar-refractivity contribution is 0.399. The van der Waals surface area contributed by atoms with Gasteiger partial charge in [0, 0.05) is 49.8 Å². The van der Waals surface area contributed by atoms with E-state index >= 15 is 0 Å². The predicted octanol–water partition coefficient (Wildman–Crippen LogP) is 7.79. The largest absolute Gasteiger partial charge is 0.400 e. The molecule has 0 amide bonds. The van der Waals surface area contributed by atoms with E-state index in [4.69, 9.17) is 35.7 Å². The molecule has 0 aromatic rings. The van der Waals surface area contributed by atoms with Crippen LogP contribution in [0.3, 0.4) is 0 Å². The zero-order chi connectivity index (χ0) is 33.1. The summed E-state index contributed by atoms with van der Waals surface area (Å²) in [4.78, 5) is 0. The highest BCUT2D eigenvalue weighted by molar-refractivity contribution is 4.53. The van der Waals surface area contributed by atoms with Crippen molar-refractivity contribution in [1.29, 1.82) is 0 Å². The highest BCUT2D eigenvalue weighted by Gasteiger charge is 1.97. The van der Waals surface area contributed by atoms with Crippen LogP contribution >= 0.6 is 0 Å². The fraction of sp³-hybridized carbons (Fsp3) is 1.00. The molecule has 0 aromatic carbocycles. The van der Waals surface area contributed by atoms with Gasteiger partial charge in [0.05, 0.1) is 0 Å². The summed E-state index contributed by atoms with van der Waals surface area (Å²) >= 11 is 0. The summed E-state index contributed by atoms with van der Waals surface area (Å²) in [5, 5.41) is 49.0. The Labute approximate surface area is 258 Å². The number of hydrogen-bond acceptors (Lipinski definition) is 7. The van der Waals surface area contributed by atoms with E-state index < -0.39 is 0 Å². The molecular weight excluding hydrogens is 520 g/mol. The molecule has 0 aliphatic heterocycles. The van der Waals surface area contributed by atoms with E-state index in [-0.39, 0.29) is 0 Å². The lowest BCUT2D eigenvalue weighted by atomic mass is 10.0. The molecule has 7 nitrogen and oxygen atoms in total. The molecule has 1 aliphatic rings. The number of aliphatic hydroxyl groups excluding tert-OH is 7. The summed E-state index contributed by atoms with van der Waals surface area (Å²) in [5.41, 5.74) is 0. The standard InChI is InChI=1S/C27H54.7CH4O/c1-2-4-6-8-10-12-14-16-18-20-22-24-26-27-25-23-21-19-17-15-13-11-9-7-5-3-1;7*1-2/h1-27H2;7*2H,1H3. The van der Waals surface area contributed by atoms with Gasteiger partial charge in [-0.1, -0.05) is 173 Å². The Balaban J connectivity index is -0.000000143. The second-order valence-electron chi connectivity index (χ2n) is 9.55. The van der Waals surface area contributed by atoms with Gasteiger partial charge in [-0.05, 0) is 0 Å². The second kappa shape index (κ2) is 83.4. The first-order valence-corrected chi connectivity index (χ1v) is 16.6. The molecule has 260 valence electrons. The summed E-state index contributed by atoms with van der Waals surface area (Å²) in [6, 6.07) is 0. The molecule has 0 saturated heterocycles. The highest BCUT2D eigenvalue weighted by atomic mass is 16.2. The van der Waals surface area contributed by atoms with E-state index in [1.54, 1.807) is 0 Å². The average Bonchev–Trinajstić information content (AvgIpc) is 3.08. The fourth-order valence-electron chi connectivity index (χ4n) is 4.77. The Kier molecular flexibility index (Phi) is 115. The minimum absolute atomic E-state index is 1.00. The van der Waals surface area contributed by atoms with Gasteiger partial charge in [0.2, 0.25) is 0 Å². The van der Waals surface area contributed by atoms with E-state index in [1.165, 1.54) is 173 Å². The normalized spacial score (nSPS) is 16.8. The van der Waals surface area contributed by atoms with Crippen LogP contribution in [0, 0.1) is 0 Å². The maximum Gasteiger partial charge on any atom is 0.0319 e. The molecule has 0 unspecified atom stereocenters. The van der Waals surface area contributed by atoms with Crippen molar-refractivity contribution in [2.45, 2.75) is 173 Å². The van der Waals surface area contributed by atoms with Gasteiger partial charge in [-0.15, -0.1) is 0 Å². The van der Waals surface area contributed by atoms with Crippen molar-refractivity contribution in [2.24, 2.45) is 0 Å². The van der Waals surface area contributed by atoms with Gasteiger partial charge < -0.3 is 35.7 Å². The van der Waals surface area contributed by atoms with Gasteiger partial charge in [-0.25, -0.2) is 0 Å². The first-order chi connectivity index (χ1) is 20.5. The molecule has 0 radical (unpaired) electrons. The molecule has 1 aliphatic carbocycles. The van der Waals surface area contributed by atoms with Crippen LogP contribution in [0.1, 0.15) is 173 Å². The average molecular weight is 603 g/mol. The summed E-state index contributed by atoms with van der Waals surface area (Å²) in [5.74, 6) is 0. The molecule has 7 N–H and O–H groups in total. The van der Waals surface area contributed by atoms with E-state index in [1.807, 2.05) is 0 Å². The van der Waals surface area contributed by atoms with Crippen LogP contribution in [0.2, 0.25) is 0 Å². The van der Waals surface area contributed by atoms with Crippen LogP contribution in [-0.2, 0) is 0 Å². The summed E-state index contributed by atoms with van der Waals surface area (Å²) < 4.78 is 0. The first kappa shape index (κ1) is 56.5. The van der Waals surface area contributed by atoms with Crippen LogP contribution in [0.15, 0.2) is 0 Å². The molecule has 0 aromatic heterocycles. The van der Waals surface area contributed by atoms with Crippen LogP contribution in [0.4, 0.5) is 0 Å². The molecule has 7 heteroatoms. The maximum atomic E-state index is 7.00. The zero-order valence-corrected chi connectivity index (χ0v) is 29.2. The van der Waals surface area contributed by atoms with Gasteiger partial charge in [0.25, 0.3) is 0 Å². The zero-order valence-electron chi connectivity index (χ0n) is 29.2. The van der Waals surface area contributed by atoms with E-state index in [9.17, 15) is 0 Å². The van der Waals surface area contributed by atoms with Gasteiger partial charge in [0.1, 0.15) is 0 Å². The van der Waals surface area contributed by atoms with Crippen molar-refractivity contribution in [3.05, 3.63) is 0 Å². The van der Waals surface area contributed by atoms with Gasteiger partial charge in [-0.3, -0.25) is 0 Å². The van der Waals surface area contributed by atoms with E-state index in [2.05, 4.69) is 0 Å². The third-order valence-electron chi connectivity index (χ3n) is 6.75. The lowest BCUT2D eigenvalue weighted by Crippen LogP contribution is -1.84. The quantitative estimate of drug-likeness (QED) is 0.150. The number of aliphatic hydroxyl groups is 7. The van der Waals surface area contributed by atoms with Crippen molar-refractivity contribution >= 4 is 0 Å². The van der Waals surface area contributed by atoms with Crippen molar-refractivity contribution in [3.8, 4) is 0 Å². The maximum absolute atomic E-state index is 7.00. The smallest absolute Gasteiger partial charge is 0.0319 e. The van der Waals surface area contributed by atoms with Gasteiger partial charge >= 0.3 is 0 Å². The predicted molar refractivity (Wildman–Crippen MR) is 182 cm³/mol. The van der Waals surface area contributed by atoms with Crippen LogP contribution < -0.4 is 0 Å². The lowest BCUT2D eigenvalue weighted by Gasteiger charge is -2.04. The third kappa shape index (κ3) is 79.2. The Hall–Kier alpha value is -0.280. The third-order valence-corrected chi connectivity index (χ3v) is 6.75. The minimum atomic E-state index is 1.00.